The zero-order valence-electron chi connectivity index (χ0n) is 23.6. The number of hydrogen-bond acceptors (Lipinski definition) is 6. The summed E-state index contributed by atoms with van der Waals surface area (Å²) in [6.45, 7) is 6.15. The molecule has 0 spiro atoms. The number of likely N-dealkylation sites (tertiary alicyclic amines) is 1. The van der Waals surface area contributed by atoms with Crippen LogP contribution >= 0.6 is 11.3 Å². The van der Waals surface area contributed by atoms with E-state index in [4.69, 9.17) is 9.47 Å². The molecule has 7 nitrogen and oxygen atoms in total. The van der Waals surface area contributed by atoms with Crippen LogP contribution in [0.2, 0.25) is 0 Å². The van der Waals surface area contributed by atoms with E-state index in [0.29, 0.717) is 38.8 Å². The quantitative estimate of drug-likeness (QED) is 0.347. The topological polar surface area (TPSA) is 84.9 Å². The summed E-state index contributed by atoms with van der Waals surface area (Å²) in [6, 6.07) is 21.5. The van der Waals surface area contributed by atoms with Gasteiger partial charge in [-0.1, -0.05) is 60.7 Å². The molecule has 0 aliphatic carbocycles. The summed E-state index contributed by atoms with van der Waals surface area (Å²) < 4.78 is 10.7. The molecule has 8 heteroatoms. The highest BCUT2D eigenvalue weighted by molar-refractivity contribution is 7.09. The van der Waals surface area contributed by atoms with Gasteiger partial charge in [-0.05, 0) is 68.2 Å². The third kappa shape index (κ3) is 7.50. The molecular formula is C32H38N2O5S. The highest BCUT2D eigenvalue weighted by Crippen LogP contribution is 2.37. The van der Waals surface area contributed by atoms with E-state index in [-0.39, 0.29) is 11.9 Å². The maximum Gasteiger partial charge on any atom is 0.408 e. The van der Waals surface area contributed by atoms with Gasteiger partial charge in [-0.3, -0.25) is 9.59 Å². The largest absolute Gasteiger partial charge is 0.469 e. The first-order chi connectivity index (χ1) is 19.1. The van der Waals surface area contributed by atoms with E-state index in [0.717, 1.165) is 21.6 Å². The molecule has 40 heavy (non-hydrogen) atoms. The van der Waals surface area contributed by atoms with Gasteiger partial charge >= 0.3 is 12.1 Å². The number of alkyl carbamates (subject to hydrolysis) is 1. The lowest BCUT2D eigenvalue weighted by Gasteiger charge is -2.41. The van der Waals surface area contributed by atoms with E-state index in [1.807, 2.05) is 35.7 Å². The second-order valence-electron chi connectivity index (χ2n) is 11.3. The predicted octanol–water partition coefficient (Wildman–Crippen LogP) is 5.88. The van der Waals surface area contributed by atoms with Crippen molar-refractivity contribution < 1.29 is 23.9 Å². The van der Waals surface area contributed by atoms with Gasteiger partial charge < -0.3 is 19.7 Å². The molecule has 2 heterocycles. The Morgan fingerprint density at radius 1 is 0.950 bits per heavy atom. The lowest BCUT2D eigenvalue weighted by molar-refractivity contribution is -0.158. The molecule has 1 N–H and O–H groups in total. The van der Waals surface area contributed by atoms with E-state index in [1.165, 1.54) is 18.4 Å². The van der Waals surface area contributed by atoms with Crippen LogP contribution in [0.3, 0.4) is 0 Å². The lowest BCUT2D eigenvalue weighted by atomic mass is 9.73. The van der Waals surface area contributed by atoms with Crippen LogP contribution in [0.1, 0.15) is 44.1 Å². The second kappa shape index (κ2) is 12.7. The molecule has 3 aromatic rings. The Balaban J connectivity index is 1.45. The van der Waals surface area contributed by atoms with Gasteiger partial charge in [-0.25, -0.2) is 4.79 Å². The third-order valence-electron chi connectivity index (χ3n) is 7.23. The Morgan fingerprint density at radius 2 is 1.60 bits per heavy atom. The zero-order valence-corrected chi connectivity index (χ0v) is 24.5. The predicted molar refractivity (Wildman–Crippen MR) is 157 cm³/mol. The SMILES string of the molecule is COC(=O)C1(Cc2ccc(-c3ccccc3)cc2)CCN(C(=O)[C@H](Cc2cccs2)NC(=O)OC(C)(C)C)CC1. The number of rotatable bonds is 8. The number of ether oxygens (including phenoxy) is 2. The molecule has 2 amide bonds. The van der Waals surface area contributed by atoms with Gasteiger partial charge in [-0.15, -0.1) is 11.3 Å². The normalized spacial score (nSPS) is 15.7. The van der Waals surface area contributed by atoms with Crippen LogP contribution < -0.4 is 5.32 Å². The van der Waals surface area contributed by atoms with Crippen molar-refractivity contribution in [2.45, 2.75) is 58.1 Å². The summed E-state index contributed by atoms with van der Waals surface area (Å²) >= 11 is 1.54. The van der Waals surface area contributed by atoms with Crippen LogP contribution in [0, 0.1) is 5.41 Å². The molecular weight excluding hydrogens is 524 g/mol. The molecule has 0 saturated carbocycles. The number of esters is 1. The summed E-state index contributed by atoms with van der Waals surface area (Å²) in [6.07, 6.45) is 1.24. The van der Waals surface area contributed by atoms with Gasteiger partial charge in [0, 0.05) is 24.4 Å². The molecule has 2 aromatic carbocycles. The minimum Gasteiger partial charge on any atom is -0.469 e. The van der Waals surface area contributed by atoms with Crippen molar-refractivity contribution >= 4 is 29.3 Å². The Labute approximate surface area is 240 Å². The van der Waals surface area contributed by atoms with Crippen molar-refractivity contribution in [1.82, 2.24) is 10.2 Å². The first-order valence-electron chi connectivity index (χ1n) is 13.6. The van der Waals surface area contributed by atoms with E-state index in [2.05, 4.69) is 41.7 Å². The van der Waals surface area contributed by atoms with Crippen LogP contribution in [0.25, 0.3) is 11.1 Å². The number of piperidine rings is 1. The number of nitrogens with one attached hydrogen (secondary N) is 1. The molecule has 1 aliphatic heterocycles. The fourth-order valence-corrected chi connectivity index (χ4v) is 5.91. The number of carbonyl (C=O) groups excluding carboxylic acids is 3. The number of methoxy groups -OCH3 is 1. The lowest BCUT2D eigenvalue weighted by Crippen LogP contribution is -2.55. The fourth-order valence-electron chi connectivity index (χ4n) is 5.16. The molecule has 1 fully saturated rings. The van der Waals surface area contributed by atoms with Gasteiger partial charge in [-0.2, -0.15) is 0 Å². The van der Waals surface area contributed by atoms with Crippen LogP contribution in [-0.2, 0) is 31.9 Å². The summed E-state index contributed by atoms with van der Waals surface area (Å²) in [4.78, 5) is 42.0. The van der Waals surface area contributed by atoms with Gasteiger partial charge in [0.15, 0.2) is 0 Å². The first-order valence-corrected chi connectivity index (χ1v) is 14.5. The number of carbonyl (C=O) groups is 3. The van der Waals surface area contributed by atoms with Gasteiger partial charge in [0.2, 0.25) is 5.91 Å². The van der Waals surface area contributed by atoms with E-state index >= 15 is 0 Å². The summed E-state index contributed by atoms with van der Waals surface area (Å²) in [5, 5.41) is 4.73. The summed E-state index contributed by atoms with van der Waals surface area (Å²) in [7, 11) is 1.42. The number of amides is 2. The molecule has 0 radical (unpaired) electrons. The van der Waals surface area contributed by atoms with Crippen LogP contribution in [-0.4, -0.2) is 54.7 Å². The second-order valence-corrected chi connectivity index (χ2v) is 12.4. The average Bonchev–Trinajstić information content (AvgIpc) is 3.45. The number of thiophene rings is 1. The smallest absolute Gasteiger partial charge is 0.408 e. The molecule has 0 unspecified atom stereocenters. The molecule has 0 bridgehead atoms. The third-order valence-corrected chi connectivity index (χ3v) is 8.13. The Morgan fingerprint density at radius 3 is 2.17 bits per heavy atom. The highest BCUT2D eigenvalue weighted by Gasteiger charge is 2.44. The fraction of sp³-hybridized carbons (Fsp3) is 0.406. The first kappa shape index (κ1) is 29.3. The Bertz CT molecular complexity index is 1280. The average molecular weight is 563 g/mol. The summed E-state index contributed by atoms with van der Waals surface area (Å²) in [5.74, 6) is -0.432. The minimum absolute atomic E-state index is 0.176. The van der Waals surface area contributed by atoms with Crippen molar-refractivity contribution in [1.29, 1.82) is 0 Å². The molecule has 4 rings (SSSR count). The molecule has 1 atom stereocenters. The van der Waals surface area contributed by atoms with Gasteiger partial charge in [0.05, 0.1) is 12.5 Å². The number of nitrogens with zero attached hydrogens (tertiary/aromatic N) is 1. The van der Waals surface area contributed by atoms with Crippen LogP contribution in [0.5, 0.6) is 0 Å². The van der Waals surface area contributed by atoms with Crippen LogP contribution in [0.15, 0.2) is 72.1 Å². The number of benzene rings is 2. The van der Waals surface area contributed by atoms with Crippen molar-refractivity contribution in [3.8, 4) is 11.1 Å². The van der Waals surface area contributed by atoms with Crippen molar-refractivity contribution in [2.24, 2.45) is 5.41 Å². The van der Waals surface area contributed by atoms with E-state index in [1.54, 1.807) is 25.7 Å². The monoisotopic (exact) mass is 562 g/mol. The van der Waals surface area contributed by atoms with E-state index in [9.17, 15) is 14.4 Å². The van der Waals surface area contributed by atoms with E-state index < -0.39 is 23.2 Å². The molecule has 1 aliphatic rings. The zero-order chi connectivity index (χ0) is 28.8. The Kier molecular flexibility index (Phi) is 9.30. The number of hydrogen-bond donors (Lipinski definition) is 1. The van der Waals surface area contributed by atoms with Gasteiger partial charge in [0.1, 0.15) is 11.6 Å². The maximum absolute atomic E-state index is 13.7. The molecule has 212 valence electrons. The van der Waals surface area contributed by atoms with Crippen LogP contribution in [0.4, 0.5) is 4.79 Å². The Hall–Kier alpha value is -3.65. The van der Waals surface area contributed by atoms with Gasteiger partial charge in [0.25, 0.3) is 0 Å². The molecule has 1 aromatic heterocycles. The van der Waals surface area contributed by atoms with Crippen molar-refractivity contribution in [3.63, 3.8) is 0 Å². The summed E-state index contributed by atoms with van der Waals surface area (Å²) in [5.41, 5.74) is 1.91. The molecule has 1 saturated heterocycles. The minimum atomic E-state index is -0.760. The van der Waals surface area contributed by atoms with Crippen molar-refractivity contribution in [3.05, 3.63) is 82.6 Å². The standard InChI is InChI=1S/C32H38N2O5S/c1-31(2,3)39-30(37)33-27(21-26-11-8-20-40-26)28(35)34-18-16-32(17-19-34,29(36)38-4)22-23-12-14-25(15-13-23)24-9-6-5-7-10-24/h5-15,20,27H,16-19,21-22H2,1-4H3,(H,33,37)/t27-/m0/s1. The maximum atomic E-state index is 13.7. The highest BCUT2D eigenvalue weighted by atomic mass is 32.1. The van der Waals surface area contributed by atoms with Crippen molar-refractivity contribution in [2.75, 3.05) is 20.2 Å².